The van der Waals surface area contributed by atoms with E-state index in [9.17, 15) is 4.79 Å². The van der Waals surface area contributed by atoms with Gasteiger partial charge in [0.05, 0.1) is 25.5 Å². The third-order valence-corrected chi connectivity index (χ3v) is 5.68. The van der Waals surface area contributed by atoms with Crippen molar-refractivity contribution >= 4 is 17.7 Å². The molecular formula is C23H23N5O3S. The molecule has 0 atom stereocenters. The highest BCUT2D eigenvalue weighted by atomic mass is 32.2. The molecule has 0 bridgehead atoms. The van der Waals surface area contributed by atoms with E-state index in [-0.39, 0.29) is 11.7 Å². The number of thioether (sulfide) groups is 1. The molecule has 2 aromatic heterocycles. The fourth-order valence-corrected chi connectivity index (χ4v) is 3.91. The number of rotatable bonds is 9. The average Bonchev–Trinajstić information content (AvgIpc) is 3.51. The Morgan fingerprint density at radius 2 is 1.72 bits per heavy atom. The molecule has 0 spiro atoms. The molecule has 164 valence electrons. The number of amides is 1. The predicted octanol–water partition coefficient (Wildman–Crippen LogP) is 3.48. The molecule has 8 nitrogen and oxygen atoms in total. The Morgan fingerprint density at radius 1 is 0.969 bits per heavy atom. The zero-order valence-corrected chi connectivity index (χ0v) is 18.6. The van der Waals surface area contributed by atoms with Crippen LogP contribution in [-0.2, 0) is 11.3 Å². The van der Waals surface area contributed by atoms with E-state index in [1.54, 1.807) is 14.2 Å². The lowest BCUT2D eigenvalue weighted by Gasteiger charge is -2.13. The Bertz CT molecular complexity index is 1170. The average molecular weight is 450 g/mol. The minimum absolute atomic E-state index is 0.0910. The van der Waals surface area contributed by atoms with Crippen molar-refractivity contribution in [2.24, 2.45) is 0 Å². The number of hydrogen-bond acceptors (Lipinski definition) is 6. The fourth-order valence-electron chi connectivity index (χ4n) is 3.14. The van der Waals surface area contributed by atoms with Crippen LogP contribution in [0.25, 0.3) is 11.4 Å². The molecular weight excluding hydrogens is 426 g/mol. The van der Waals surface area contributed by atoms with Crippen LogP contribution in [0.2, 0.25) is 0 Å². The van der Waals surface area contributed by atoms with E-state index >= 15 is 0 Å². The maximum Gasteiger partial charge on any atom is 0.230 e. The lowest BCUT2D eigenvalue weighted by atomic mass is 10.2. The van der Waals surface area contributed by atoms with Gasteiger partial charge in [-0.1, -0.05) is 36.0 Å². The van der Waals surface area contributed by atoms with Crippen molar-refractivity contribution < 1.29 is 14.3 Å². The van der Waals surface area contributed by atoms with Gasteiger partial charge in [-0.2, -0.15) is 0 Å². The number of hydrogen-bond donors (Lipinski definition) is 1. The van der Waals surface area contributed by atoms with E-state index in [0.717, 1.165) is 16.9 Å². The number of nitrogens with zero attached hydrogens (tertiary/aromatic N) is 4. The van der Waals surface area contributed by atoms with Crippen molar-refractivity contribution in [3.8, 4) is 22.9 Å². The van der Waals surface area contributed by atoms with E-state index in [4.69, 9.17) is 9.47 Å². The van der Waals surface area contributed by atoms with Gasteiger partial charge in [0.2, 0.25) is 11.1 Å². The second-order valence-electron chi connectivity index (χ2n) is 6.79. The van der Waals surface area contributed by atoms with Gasteiger partial charge in [-0.05, 0) is 42.0 Å². The molecule has 2 aromatic carbocycles. The van der Waals surface area contributed by atoms with Crippen molar-refractivity contribution in [1.82, 2.24) is 24.9 Å². The van der Waals surface area contributed by atoms with Gasteiger partial charge in [-0.3, -0.25) is 9.47 Å². The van der Waals surface area contributed by atoms with Crippen LogP contribution in [0.4, 0.5) is 0 Å². The molecule has 9 heteroatoms. The van der Waals surface area contributed by atoms with Gasteiger partial charge in [0.25, 0.3) is 0 Å². The third kappa shape index (κ3) is 4.78. The maximum absolute atomic E-state index is 12.4. The Hall–Kier alpha value is -3.72. The van der Waals surface area contributed by atoms with Crippen LogP contribution in [0, 0.1) is 0 Å². The van der Waals surface area contributed by atoms with Crippen molar-refractivity contribution in [1.29, 1.82) is 0 Å². The molecule has 0 radical (unpaired) electrons. The Balaban J connectivity index is 1.49. The van der Waals surface area contributed by atoms with Crippen molar-refractivity contribution in [2.75, 3.05) is 20.0 Å². The van der Waals surface area contributed by atoms with Crippen LogP contribution in [0.5, 0.6) is 11.5 Å². The highest BCUT2D eigenvalue weighted by Crippen LogP contribution is 2.31. The van der Waals surface area contributed by atoms with Crippen LogP contribution in [0.1, 0.15) is 5.56 Å². The zero-order chi connectivity index (χ0) is 22.3. The molecule has 0 unspecified atom stereocenters. The van der Waals surface area contributed by atoms with Gasteiger partial charge < -0.3 is 14.8 Å². The summed E-state index contributed by atoms with van der Waals surface area (Å²) >= 11 is 1.32. The largest absolute Gasteiger partial charge is 0.497 e. The van der Waals surface area contributed by atoms with Crippen LogP contribution in [-0.4, -0.2) is 45.4 Å². The number of methoxy groups -OCH3 is 2. The summed E-state index contributed by atoms with van der Waals surface area (Å²) in [6.07, 6.45) is 3.80. The Kier molecular flexibility index (Phi) is 6.76. The number of carbonyl (C=O) groups is 1. The smallest absolute Gasteiger partial charge is 0.230 e. The molecule has 0 saturated carbocycles. The van der Waals surface area contributed by atoms with Crippen molar-refractivity contribution in [3.05, 3.63) is 78.6 Å². The van der Waals surface area contributed by atoms with E-state index in [0.29, 0.717) is 23.3 Å². The SMILES string of the molecule is COc1ccc(CNC(=O)CSc2nnc(-c3ccccc3OC)n2-n2cccc2)cc1. The number of ether oxygens (including phenoxy) is 2. The van der Waals surface area contributed by atoms with Gasteiger partial charge in [0.15, 0.2) is 5.82 Å². The Labute approximate surface area is 190 Å². The van der Waals surface area contributed by atoms with Crippen LogP contribution >= 0.6 is 11.8 Å². The number of nitrogens with one attached hydrogen (secondary N) is 1. The quantitative estimate of drug-likeness (QED) is 0.394. The van der Waals surface area contributed by atoms with E-state index in [1.165, 1.54) is 11.8 Å². The molecule has 1 N–H and O–H groups in total. The molecule has 0 aliphatic heterocycles. The highest BCUT2D eigenvalue weighted by Gasteiger charge is 2.19. The molecule has 0 aliphatic carbocycles. The summed E-state index contributed by atoms with van der Waals surface area (Å²) in [7, 11) is 3.25. The summed E-state index contributed by atoms with van der Waals surface area (Å²) in [5.41, 5.74) is 1.81. The molecule has 32 heavy (non-hydrogen) atoms. The first-order valence-electron chi connectivity index (χ1n) is 9.94. The topological polar surface area (TPSA) is 83.2 Å². The first-order chi connectivity index (χ1) is 15.7. The van der Waals surface area contributed by atoms with Gasteiger partial charge in [-0.25, -0.2) is 4.68 Å². The Morgan fingerprint density at radius 3 is 2.44 bits per heavy atom. The summed E-state index contributed by atoms with van der Waals surface area (Å²) in [6.45, 7) is 0.445. The first-order valence-corrected chi connectivity index (χ1v) is 10.9. The lowest BCUT2D eigenvalue weighted by molar-refractivity contribution is -0.118. The maximum atomic E-state index is 12.4. The normalized spacial score (nSPS) is 10.7. The van der Waals surface area contributed by atoms with Crippen LogP contribution in [0.3, 0.4) is 0 Å². The minimum Gasteiger partial charge on any atom is -0.497 e. The number of para-hydroxylation sites is 1. The fraction of sp³-hybridized carbons (Fsp3) is 0.174. The molecule has 0 aliphatic rings. The van der Waals surface area contributed by atoms with Crippen LogP contribution in [0.15, 0.2) is 78.2 Å². The predicted molar refractivity (Wildman–Crippen MR) is 123 cm³/mol. The molecule has 0 fully saturated rings. The lowest BCUT2D eigenvalue weighted by Crippen LogP contribution is -2.24. The summed E-state index contributed by atoms with van der Waals surface area (Å²) in [5, 5.41) is 12.3. The van der Waals surface area contributed by atoms with E-state index in [1.807, 2.05) is 82.4 Å². The number of aromatic nitrogens is 4. The monoisotopic (exact) mass is 449 g/mol. The van der Waals surface area contributed by atoms with Gasteiger partial charge in [0.1, 0.15) is 11.5 Å². The van der Waals surface area contributed by atoms with Gasteiger partial charge >= 0.3 is 0 Å². The van der Waals surface area contributed by atoms with E-state index < -0.39 is 0 Å². The third-order valence-electron chi connectivity index (χ3n) is 4.76. The van der Waals surface area contributed by atoms with Gasteiger partial charge in [-0.15, -0.1) is 10.2 Å². The standard InChI is InChI=1S/C23H23N5O3S/c1-30-18-11-9-17(10-12-18)15-24-21(29)16-32-23-26-25-22(28(23)27-13-5-6-14-27)19-7-3-4-8-20(19)31-2/h3-14H,15-16H2,1-2H3,(H,24,29). The summed E-state index contributed by atoms with van der Waals surface area (Å²) in [4.78, 5) is 12.4. The van der Waals surface area contributed by atoms with Crippen molar-refractivity contribution in [2.45, 2.75) is 11.7 Å². The highest BCUT2D eigenvalue weighted by molar-refractivity contribution is 7.99. The molecule has 1 amide bonds. The van der Waals surface area contributed by atoms with E-state index in [2.05, 4.69) is 15.5 Å². The van der Waals surface area contributed by atoms with Gasteiger partial charge in [0, 0.05) is 18.9 Å². The summed E-state index contributed by atoms with van der Waals surface area (Å²) < 4.78 is 14.4. The molecule has 2 heterocycles. The summed E-state index contributed by atoms with van der Waals surface area (Å²) in [5.74, 6) is 2.22. The zero-order valence-electron chi connectivity index (χ0n) is 17.8. The van der Waals surface area contributed by atoms with Crippen molar-refractivity contribution in [3.63, 3.8) is 0 Å². The number of carbonyl (C=O) groups excluding carboxylic acids is 1. The number of benzene rings is 2. The molecule has 4 rings (SSSR count). The second-order valence-corrected chi connectivity index (χ2v) is 7.74. The molecule has 4 aromatic rings. The van der Waals surface area contributed by atoms with Crippen LogP contribution < -0.4 is 14.8 Å². The summed E-state index contributed by atoms with van der Waals surface area (Å²) in [6, 6.07) is 19.1. The molecule has 0 saturated heterocycles. The second kappa shape index (κ2) is 10.1. The minimum atomic E-state index is -0.0910. The first kappa shape index (κ1) is 21.5.